The highest BCUT2D eigenvalue weighted by Crippen LogP contribution is 2.48. The van der Waals surface area contributed by atoms with Gasteiger partial charge in [-0.25, -0.2) is 22.9 Å². The van der Waals surface area contributed by atoms with Gasteiger partial charge >= 0.3 is 12.1 Å². The van der Waals surface area contributed by atoms with E-state index in [1.165, 1.54) is 6.07 Å². The van der Waals surface area contributed by atoms with Gasteiger partial charge in [0, 0.05) is 24.0 Å². The number of hydrogen-bond acceptors (Lipinski definition) is 9. The van der Waals surface area contributed by atoms with E-state index in [-0.39, 0.29) is 53.4 Å². The van der Waals surface area contributed by atoms with Gasteiger partial charge < -0.3 is 19.1 Å². The molecule has 2 aromatic heterocycles. The Hall–Kier alpha value is -4.87. The number of piperazine rings is 1. The Labute approximate surface area is 375 Å². The van der Waals surface area contributed by atoms with Gasteiger partial charge in [-0.2, -0.15) is 9.97 Å². The molecular formula is C50H61F3N6O4Si. The molecule has 14 heteroatoms. The van der Waals surface area contributed by atoms with Gasteiger partial charge in [-0.15, -0.1) is 5.54 Å². The molecule has 0 spiro atoms. The molecular weight excluding hydrogens is 834 g/mol. The SMILES string of the molecule is CC(C)[Si](C#Cc1c(F)ccc2cccc(-c3nc4c5c(nc(OCC67CCCN6C/C(=C/F)C7)nc5c3F)N3C[C@H]5CC[C@@H]([C@H]3[C@@H](C)O4)N5C(=O)OC(C)(C)C)c12)(C(C)C)C(C)C. The molecule has 0 aliphatic carbocycles. The zero-order valence-electron chi connectivity index (χ0n) is 38.8. The summed E-state index contributed by atoms with van der Waals surface area (Å²) in [5, 5.41) is 1.45. The maximum atomic E-state index is 18.0. The van der Waals surface area contributed by atoms with Crippen LogP contribution in [0.3, 0.4) is 0 Å². The molecule has 4 saturated heterocycles. The number of benzene rings is 2. The molecule has 1 unspecified atom stereocenters. The van der Waals surface area contributed by atoms with E-state index in [0.29, 0.717) is 82.0 Å². The minimum Gasteiger partial charge on any atom is -0.472 e. The number of pyridine rings is 1. The fraction of sp³-hybridized carbons (Fsp3) is 0.560. The van der Waals surface area contributed by atoms with Crippen molar-refractivity contribution in [3.63, 3.8) is 0 Å². The highest BCUT2D eigenvalue weighted by atomic mass is 28.3. The summed E-state index contributed by atoms with van der Waals surface area (Å²) in [5.74, 6) is 2.68. The number of anilines is 1. The van der Waals surface area contributed by atoms with Crippen LogP contribution >= 0.6 is 0 Å². The zero-order chi connectivity index (χ0) is 45.6. The molecule has 7 heterocycles. The highest BCUT2D eigenvalue weighted by molar-refractivity contribution is 6.90. The van der Waals surface area contributed by atoms with Crippen LogP contribution in [0.2, 0.25) is 16.6 Å². The number of nitrogens with zero attached hydrogens (tertiary/aromatic N) is 6. The van der Waals surface area contributed by atoms with Crippen molar-refractivity contribution in [2.45, 2.75) is 153 Å². The van der Waals surface area contributed by atoms with Gasteiger partial charge in [-0.3, -0.25) is 9.80 Å². The Bertz CT molecular complexity index is 2600. The lowest BCUT2D eigenvalue weighted by Crippen LogP contribution is -2.65. The topological polar surface area (TPSA) is 93.2 Å². The van der Waals surface area contributed by atoms with Gasteiger partial charge in [0.25, 0.3) is 0 Å². The monoisotopic (exact) mass is 894 g/mol. The van der Waals surface area contributed by atoms with Crippen LogP contribution in [-0.4, -0.2) is 101 Å². The molecule has 1 amide bonds. The zero-order valence-corrected chi connectivity index (χ0v) is 39.8. The number of amides is 1. The summed E-state index contributed by atoms with van der Waals surface area (Å²) in [4.78, 5) is 34.9. The number of rotatable bonds is 7. The molecule has 2 aromatic carbocycles. The van der Waals surface area contributed by atoms with Gasteiger partial charge in [-0.1, -0.05) is 71.7 Å². The summed E-state index contributed by atoms with van der Waals surface area (Å²) < 4.78 is 67.5. The average molecular weight is 895 g/mol. The van der Waals surface area contributed by atoms with Crippen LogP contribution in [0.4, 0.5) is 23.8 Å². The first-order valence-electron chi connectivity index (χ1n) is 23.1. The molecule has 9 rings (SSSR count). The van der Waals surface area contributed by atoms with E-state index in [0.717, 1.165) is 25.8 Å². The van der Waals surface area contributed by atoms with Crippen molar-refractivity contribution in [2.24, 2.45) is 0 Å². The summed E-state index contributed by atoms with van der Waals surface area (Å²) in [5.41, 5.74) is 4.70. The summed E-state index contributed by atoms with van der Waals surface area (Å²) in [6.45, 7) is 22.7. The minimum atomic E-state index is -2.31. The van der Waals surface area contributed by atoms with Crippen LogP contribution in [0.5, 0.6) is 11.9 Å². The Morgan fingerprint density at radius 2 is 1.78 bits per heavy atom. The Morgan fingerprint density at radius 1 is 1.03 bits per heavy atom. The van der Waals surface area contributed by atoms with E-state index in [4.69, 9.17) is 29.2 Å². The molecule has 64 heavy (non-hydrogen) atoms. The highest BCUT2D eigenvalue weighted by Gasteiger charge is 2.54. The van der Waals surface area contributed by atoms with Crippen molar-refractivity contribution < 1.29 is 32.2 Å². The van der Waals surface area contributed by atoms with E-state index in [1.807, 2.05) is 44.7 Å². The Morgan fingerprint density at radius 3 is 2.48 bits per heavy atom. The van der Waals surface area contributed by atoms with Crippen molar-refractivity contribution >= 4 is 41.7 Å². The van der Waals surface area contributed by atoms with Gasteiger partial charge in [-0.05, 0) is 100.0 Å². The molecule has 0 saturated carbocycles. The van der Waals surface area contributed by atoms with E-state index < -0.39 is 43.0 Å². The fourth-order valence-corrected chi connectivity index (χ4v) is 17.4. The van der Waals surface area contributed by atoms with Crippen LogP contribution in [0.15, 0.2) is 42.2 Å². The van der Waals surface area contributed by atoms with Crippen LogP contribution in [0, 0.1) is 23.1 Å². The van der Waals surface area contributed by atoms with E-state index in [2.05, 4.69) is 62.8 Å². The van der Waals surface area contributed by atoms with Gasteiger partial charge in [0.15, 0.2) is 5.82 Å². The van der Waals surface area contributed by atoms with E-state index in [1.54, 1.807) is 12.1 Å². The predicted molar refractivity (Wildman–Crippen MR) is 247 cm³/mol. The third kappa shape index (κ3) is 7.20. The lowest BCUT2D eigenvalue weighted by atomic mass is 9.94. The van der Waals surface area contributed by atoms with Crippen LogP contribution < -0.4 is 14.4 Å². The number of carbonyl (C=O) groups is 1. The lowest BCUT2D eigenvalue weighted by Gasteiger charge is -2.48. The smallest absolute Gasteiger partial charge is 0.410 e. The number of carbonyl (C=O) groups excluding carboxylic acids is 1. The fourth-order valence-electron chi connectivity index (χ4n) is 12.2. The van der Waals surface area contributed by atoms with Gasteiger partial charge in [0.1, 0.15) is 54.6 Å². The van der Waals surface area contributed by atoms with E-state index >= 15 is 8.78 Å². The molecule has 0 N–H and O–H groups in total. The van der Waals surface area contributed by atoms with Crippen molar-refractivity contribution in [1.29, 1.82) is 0 Å². The average Bonchev–Trinajstić information content (AvgIpc) is 3.87. The standard InChI is InChI=1S/C50H61F3N6O4Si/c1-28(2)64(29(3)4,30(5)6)22-19-35-37(52)17-15-33-13-11-14-36(39(33)35)42-41(53)43-40-45(56-47(55-43)61-27-50-20-12-21-57(50)25-32(23-50)24-51)58-26-34-16-18-38(44(58)31(7)62-46(40)54-42)59(34)48(60)63-49(8,9)10/h11,13-15,17,24,28-31,34,38,44H,12,16,18,20-21,23,25-27H2,1-10H3/b32-24+/t31-,34-,38+,44-,50?/m1/s1. The number of halogens is 3. The second kappa shape index (κ2) is 16.2. The molecule has 5 atom stereocenters. The van der Waals surface area contributed by atoms with E-state index in [9.17, 15) is 9.18 Å². The molecule has 4 fully saturated rings. The first-order chi connectivity index (χ1) is 30.4. The maximum absolute atomic E-state index is 18.0. The number of hydrogen-bond donors (Lipinski definition) is 0. The first kappa shape index (κ1) is 44.3. The van der Waals surface area contributed by atoms with Gasteiger partial charge in [0.05, 0.1) is 35.6 Å². The summed E-state index contributed by atoms with van der Waals surface area (Å²) in [6.07, 6.45) is 3.53. The van der Waals surface area contributed by atoms with Crippen molar-refractivity contribution in [2.75, 3.05) is 31.1 Å². The number of aromatic nitrogens is 3. The molecule has 4 aromatic rings. The first-order valence-corrected chi connectivity index (χ1v) is 25.4. The third-order valence-electron chi connectivity index (χ3n) is 14.9. The van der Waals surface area contributed by atoms with Crippen LogP contribution in [0.25, 0.3) is 32.9 Å². The van der Waals surface area contributed by atoms with Crippen molar-refractivity contribution in [3.8, 4) is 34.6 Å². The molecule has 10 nitrogen and oxygen atoms in total. The summed E-state index contributed by atoms with van der Waals surface area (Å²) in [6, 6.07) is 7.64. The molecule has 340 valence electrons. The minimum absolute atomic E-state index is 0.0218. The maximum Gasteiger partial charge on any atom is 0.410 e. The summed E-state index contributed by atoms with van der Waals surface area (Å²) in [7, 11) is -2.31. The quantitative estimate of drug-likeness (QED) is 0.133. The molecule has 5 aliphatic rings. The number of ether oxygens (including phenoxy) is 3. The largest absolute Gasteiger partial charge is 0.472 e. The van der Waals surface area contributed by atoms with Crippen molar-refractivity contribution in [1.82, 2.24) is 24.8 Å². The third-order valence-corrected chi connectivity index (χ3v) is 21.2. The molecule has 5 aliphatic heterocycles. The Balaban J connectivity index is 1.23. The van der Waals surface area contributed by atoms with Crippen LogP contribution in [-0.2, 0) is 4.74 Å². The molecule has 0 radical (unpaired) electrons. The number of fused-ring (bicyclic) bond motifs is 7. The Kier molecular flexibility index (Phi) is 11.2. The van der Waals surface area contributed by atoms with Gasteiger partial charge in [0.2, 0.25) is 5.88 Å². The second-order valence-electron chi connectivity index (χ2n) is 20.7. The predicted octanol–water partition coefficient (Wildman–Crippen LogP) is 10.9. The molecule has 2 bridgehead atoms. The van der Waals surface area contributed by atoms with Crippen LogP contribution in [0.1, 0.15) is 107 Å². The van der Waals surface area contributed by atoms with Crippen molar-refractivity contribution in [3.05, 3.63) is 59.4 Å². The normalized spacial score (nSPS) is 25.0. The summed E-state index contributed by atoms with van der Waals surface area (Å²) >= 11 is 0. The lowest BCUT2D eigenvalue weighted by molar-refractivity contribution is 0.000934. The second-order valence-corrected chi connectivity index (χ2v) is 26.3.